The standard InChI is InChI=1S/C8H5BrFNO3/c9-4-2-1-3-5(10)6(4)11-7(12)8(13)14/h1-3H,(H,11,12)(H,13,14). The molecule has 0 unspecified atom stereocenters. The second-order valence-electron chi connectivity index (χ2n) is 2.36. The largest absolute Gasteiger partial charge is 0.474 e. The van der Waals surface area contributed by atoms with Gasteiger partial charge in [-0.3, -0.25) is 4.79 Å². The van der Waals surface area contributed by atoms with Crippen molar-refractivity contribution in [2.24, 2.45) is 0 Å². The van der Waals surface area contributed by atoms with Crippen molar-refractivity contribution >= 4 is 33.5 Å². The minimum atomic E-state index is -1.67. The number of rotatable bonds is 1. The van der Waals surface area contributed by atoms with E-state index < -0.39 is 17.7 Å². The monoisotopic (exact) mass is 261 g/mol. The smallest absolute Gasteiger partial charge is 0.394 e. The molecule has 2 N–H and O–H groups in total. The van der Waals surface area contributed by atoms with Crippen LogP contribution in [-0.4, -0.2) is 17.0 Å². The number of nitrogens with one attached hydrogen (secondary N) is 1. The Kier molecular flexibility index (Phi) is 3.19. The van der Waals surface area contributed by atoms with E-state index in [1.165, 1.54) is 12.1 Å². The first-order valence-electron chi connectivity index (χ1n) is 3.50. The molecule has 0 aliphatic heterocycles. The summed E-state index contributed by atoms with van der Waals surface area (Å²) in [6, 6.07) is 4.03. The van der Waals surface area contributed by atoms with Crippen molar-refractivity contribution in [3.8, 4) is 0 Å². The fraction of sp³-hybridized carbons (Fsp3) is 0. The van der Waals surface area contributed by atoms with Gasteiger partial charge in [0, 0.05) is 4.47 Å². The first-order chi connectivity index (χ1) is 6.52. The predicted molar refractivity (Wildman–Crippen MR) is 50.4 cm³/mol. The Labute approximate surface area is 86.9 Å². The third kappa shape index (κ3) is 2.29. The molecule has 0 bridgehead atoms. The number of hydrogen-bond acceptors (Lipinski definition) is 2. The van der Waals surface area contributed by atoms with Crippen LogP contribution in [0.15, 0.2) is 22.7 Å². The van der Waals surface area contributed by atoms with Crippen molar-refractivity contribution in [3.63, 3.8) is 0 Å². The van der Waals surface area contributed by atoms with Crippen LogP contribution in [0, 0.1) is 5.82 Å². The quantitative estimate of drug-likeness (QED) is 0.755. The highest BCUT2D eigenvalue weighted by atomic mass is 79.9. The Bertz CT molecular complexity index is 374. The molecular weight excluding hydrogens is 257 g/mol. The Hall–Kier alpha value is -1.43. The van der Waals surface area contributed by atoms with Gasteiger partial charge in [0.1, 0.15) is 5.82 Å². The normalized spacial score (nSPS) is 9.57. The fourth-order valence-corrected chi connectivity index (χ4v) is 1.23. The molecule has 0 aromatic heterocycles. The Morgan fingerprint density at radius 2 is 2.07 bits per heavy atom. The number of carbonyl (C=O) groups excluding carboxylic acids is 1. The summed E-state index contributed by atoms with van der Waals surface area (Å²) in [6.45, 7) is 0. The van der Waals surface area contributed by atoms with E-state index in [1.54, 1.807) is 0 Å². The number of anilines is 1. The highest BCUT2D eigenvalue weighted by molar-refractivity contribution is 9.10. The second-order valence-corrected chi connectivity index (χ2v) is 3.21. The summed E-state index contributed by atoms with van der Waals surface area (Å²) < 4.78 is 13.3. The van der Waals surface area contributed by atoms with Crippen LogP contribution < -0.4 is 5.32 Å². The van der Waals surface area contributed by atoms with Crippen LogP contribution in [0.4, 0.5) is 10.1 Å². The molecule has 0 atom stereocenters. The Morgan fingerprint density at radius 3 is 2.57 bits per heavy atom. The highest BCUT2D eigenvalue weighted by Crippen LogP contribution is 2.24. The van der Waals surface area contributed by atoms with E-state index in [4.69, 9.17) is 5.11 Å². The summed E-state index contributed by atoms with van der Waals surface area (Å²) in [6.07, 6.45) is 0. The van der Waals surface area contributed by atoms with Crippen molar-refractivity contribution < 1.29 is 19.1 Å². The van der Waals surface area contributed by atoms with E-state index in [-0.39, 0.29) is 10.2 Å². The minimum Gasteiger partial charge on any atom is -0.474 e. The van der Waals surface area contributed by atoms with Crippen LogP contribution >= 0.6 is 15.9 Å². The van der Waals surface area contributed by atoms with Gasteiger partial charge in [-0.15, -0.1) is 0 Å². The molecule has 0 heterocycles. The van der Waals surface area contributed by atoms with E-state index in [9.17, 15) is 14.0 Å². The van der Waals surface area contributed by atoms with Gasteiger partial charge < -0.3 is 10.4 Å². The number of carboxylic acid groups (broad SMARTS) is 1. The average Bonchev–Trinajstić information content (AvgIpc) is 2.11. The topological polar surface area (TPSA) is 66.4 Å². The van der Waals surface area contributed by atoms with Crippen molar-refractivity contribution in [1.82, 2.24) is 0 Å². The average molecular weight is 262 g/mol. The SMILES string of the molecule is O=C(O)C(=O)Nc1c(F)cccc1Br. The van der Waals surface area contributed by atoms with Gasteiger partial charge in [-0.25, -0.2) is 9.18 Å². The van der Waals surface area contributed by atoms with Crippen LogP contribution in [0.25, 0.3) is 0 Å². The number of para-hydroxylation sites is 1. The van der Waals surface area contributed by atoms with Gasteiger partial charge in [-0.05, 0) is 28.1 Å². The molecule has 1 aromatic rings. The van der Waals surface area contributed by atoms with Gasteiger partial charge in [0.15, 0.2) is 0 Å². The van der Waals surface area contributed by atoms with Gasteiger partial charge in [-0.1, -0.05) is 6.07 Å². The predicted octanol–water partition coefficient (Wildman–Crippen LogP) is 1.61. The number of halogens is 2. The molecule has 0 fully saturated rings. The zero-order chi connectivity index (χ0) is 10.7. The number of benzene rings is 1. The number of carboxylic acids is 1. The van der Waals surface area contributed by atoms with E-state index in [1.807, 2.05) is 5.32 Å². The molecule has 74 valence electrons. The lowest BCUT2D eigenvalue weighted by Gasteiger charge is -2.05. The van der Waals surface area contributed by atoms with Gasteiger partial charge >= 0.3 is 11.9 Å². The van der Waals surface area contributed by atoms with Crippen LogP contribution in [-0.2, 0) is 9.59 Å². The number of amides is 1. The lowest BCUT2D eigenvalue weighted by Crippen LogP contribution is -2.22. The summed E-state index contributed by atoms with van der Waals surface area (Å²) >= 11 is 2.98. The number of hydrogen-bond donors (Lipinski definition) is 2. The maximum Gasteiger partial charge on any atom is 0.394 e. The summed E-state index contributed by atoms with van der Waals surface area (Å²) in [4.78, 5) is 20.9. The summed E-state index contributed by atoms with van der Waals surface area (Å²) in [5, 5.41) is 10.2. The van der Waals surface area contributed by atoms with Gasteiger partial charge in [-0.2, -0.15) is 0 Å². The van der Waals surface area contributed by atoms with E-state index >= 15 is 0 Å². The molecule has 6 heteroatoms. The van der Waals surface area contributed by atoms with Crippen molar-refractivity contribution in [3.05, 3.63) is 28.5 Å². The summed E-state index contributed by atoms with van der Waals surface area (Å²) in [5.41, 5.74) is -0.181. The Morgan fingerprint density at radius 1 is 1.43 bits per heavy atom. The second kappa shape index (κ2) is 4.19. The first kappa shape index (κ1) is 10.6. The molecule has 0 aliphatic carbocycles. The molecule has 1 aromatic carbocycles. The van der Waals surface area contributed by atoms with Crippen LogP contribution in [0.2, 0.25) is 0 Å². The molecule has 0 spiro atoms. The zero-order valence-electron chi connectivity index (χ0n) is 6.75. The van der Waals surface area contributed by atoms with Gasteiger partial charge in [0.05, 0.1) is 5.69 Å². The molecule has 1 amide bonds. The molecular formula is C8H5BrFNO3. The minimum absolute atomic E-state index is 0.181. The van der Waals surface area contributed by atoms with E-state index in [2.05, 4.69) is 15.9 Å². The lowest BCUT2D eigenvalue weighted by atomic mass is 10.3. The maximum absolute atomic E-state index is 13.0. The van der Waals surface area contributed by atoms with E-state index in [0.29, 0.717) is 0 Å². The molecule has 0 saturated heterocycles. The lowest BCUT2D eigenvalue weighted by molar-refractivity contribution is -0.147. The van der Waals surface area contributed by atoms with Crippen LogP contribution in [0.3, 0.4) is 0 Å². The van der Waals surface area contributed by atoms with Crippen molar-refractivity contribution in [1.29, 1.82) is 0 Å². The summed E-state index contributed by atoms with van der Waals surface area (Å²) in [7, 11) is 0. The third-order valence-corrected chi connectivity index (χ3v) is 2.06. The van der Waals surface area contributed by atoms with Crippen molar-refractivity contribution in [2.45, 2.75) is 0 Å². The van der Waals surface area contributed by atoms with Crippen LogP contribution in [0.1, 0.15) is 0 Å². The van der Waals surface area contributed by atoms with E-state index in [0.717, 1.165) is 6.07 Å². The zero-order valence-corrected chi connectivity index (χ0v) is 8.34. The number of carbonyl (C=O) groups is 2. The highest BCUT2D eigenvalue weighted by Gasteiger charge is 2.15. The molecule has 0 saturated carbocycles. The Balaban J connectivity index is 2.97. The maximum atomic E-state index is 13.0. The van der Waals surface area contributed by atoms with Gasteiger partial charge in [0.2, 0.25) is 0 Å². The molecule has 4 nitrogen and oxygen atoms in total. The fourth-order valence-electron chi connectivity index (χ4n) is 0.784. The molecule has 1 rings (SSSR count). The molecule has 0 radical (unpaired) electrons. The third-order valence-electron chi connectivity index (χ3n) is 1.40. The van der Waals surface area contributed by atoms with Crippen molar-refractivity contribution in [2.75, 3.05) is 5.32 Å². The molecule has 0 aliphatic rings. The number of aliphatic carboxylic acids is 1. The van der Waals surface area contributed by atoms with Crippen LogP contribution in [0.5, 0.6) is 0 Å². The van der Waals surface area contributed by atoms with Gasteiger partial charge in [0.25, 0.3) is 0 Å². The molecule has 14 heavy (non-hydrogen) atoms. The summed E-state index contributed by atoms with van der Waals surface area (Å²) in [5.74, 6) is -3.65. The first-order valence-corrected chi connectivity index (χ1v) is 4.30.